The maximum absolute atomic E-state index is 12.5. The highest BCUT2D eigenvalue weighted by Crippen LogP contribution is 2.26. The molecular weight excluding hydrogens is 452 g/mol. The minimum absolute atomic E-state index is 0.0427. The molecule has 0 bridgehead atoms. The number of amides is 2. The molecule has 0 saturated heterocycles. The standard InChI is InChI=1S/C23H21ClN2O5S/c1-15(31-18-8-4-3-5-9-18)22(27)25-17-11-12-21(20(24)14-17)26-23(28)16-7-6-10-19(13-16)32(2,29)30/h3-15H,1-2H3,(H,25,27)(H,26,28). The molecule has 1 atom stereocenters. The maximum Gasteiger partial charge on any atom is 0.265 e. The molecule has 3 aromatic rings. The molecule has 0 saturated carbocycles. The average molecular weight is 473 g/mol. The van der Waals surface area contributed by atoms with Gasteiger partial charge in [0.15, 0.2) is 15.9 Å². The fraction of sp³-hybridized carbons (Fsp3) is 0.130. The Hall–Kier alpha value is -3.36. The van der Waals surface area contributed by atoms with Gasteiger partial charge in [0.2, 0.25) is 0 Å². The largest absolute Gasteiger partial charge is 0.481 e. The summed E-state index contributed by atoms with van der Waals surface area (Å²) in [6.45, 7) is 1.63. The van der Waals surface area contributed by atoms with Gasteiger partial charge in [0.25, 0.3) is 11.8 Å². The molecule has 0 heterocycles. The number of carbonyl (C=O) groups is 2. The van der Waals surface area contributed by atoms with Crippen LogP contribution in [0.25, 0.3) is 0 Å². The van der Waals surface area contributed by atoms with Gasteiger partial charge in [-0.15, -0.1) is 0 Å². The van der Waals surface area contributed by atoms with Gasteiger partial charge < -0.3 is 15.4 Å². The van der Waals surface area contributed by atoms with Gasteiger partial charge in [0.05, 0.1) is 15.6 Å². The van der Waals surface area contributed by atoms with Crippen molar-refractivity contribution in [2.75, 3.05) is 16.9 Å². The second-order valence-corrected chi connectivity index (χ2v) is 9.43. The molecule has 0 spiro atoms. The Morgan fingerprint density at radius 2 is 1.66 bits per heavy atom. The number of halogens is 1. The lowest BCUT2D eigenvalue weighted by molar-refractivity contribution is -0.122. The van der Waals surface area contributed by atoms with Gasteiger partial charge in [0, 0.05) is 17.5 Å². The number of ether oxygens (including phenoxy) is 1. The minimum atomic E-state index is -3.44. The number of hydrogen-bond donors (Lipinski definition) is 2. The van der Waals surface area contributed by atoms with Gasteiger partial charge in [-0.2, -0.15) is 0 Å². The molecule has 1 unspecified atom stereocenters. The maximum atomic E-state index is 12.5. The molecule has 0 aliphatic heterocycles. The third-order valence-electron chi connectivity index (χ3n) is 4.43. The summed E-state index contributed by atoms with van der Waals surface area (Å²) in [4.78, 5) is 25.0. The predicted molar refractivity (Wildman–Crippen MR) is 124 cm³/mol. The number of anilines is 2. The van der Waals surface area contributed by atoms with Crippen molar-refractivity contribution in [2.45, 2.75) is 17.9 Å². The number of para-hydroxylation sites is 1. The molecule has 166 valence electrons. The molecule has 3 rings (SSSR count). The summed E-state index contributed by atoms with van der Waals surface area (Å²) in [5.41, 5.74) is 0.918. The second-order valence-electron chi connectivity index (χ2n) is 7.01. The molecule has 0 aromatic heterocycles. The van der Waals surface area contributed by atoms with Gasteiger partial charge >= 0.3 is 0 Å². The zero-order valence-electron chi connectivity index (χ0n) is 17.3. The highest BCUT2D eigenvalue weighted by atomic mass is 35.5. The van der Waals surface area contributed by atoms with Gasteiger partial charge in [0.1, 0.15) is 5.75 Å². The Kier molecular flexibility index (Phi) is 7.17. The quantitative estimate of drug-likeness (QED) is 0.530. The van der Waals surface area contributed by atoms with Crippen molar-refractivity contribution in [2.24, 2.45) is 0 Å². The van der Waals surface area contributed by atoms with E-state index in [1.54, 1.807) is 31.2 Å². The van der Waals surface area contributed by atoms with Gasteiger partial charge in [-0.05, 0) is 55.5 Å². The predicted octanol–water partition coefficient (Wildman–Crippen LogP) is 4.40. The van der Waals surface area contributed by atoms with Crippen LogP contribution in [0.15, 0.2) is 77.7 Å². The molecule has 2 N–H and O–H groups in total. The molecule has 0 aliphatic rings. The van der Waals surface area contributed by atoms with Crippen LogP contribution >= 0.6 is 11.6 Å². The highest BCUT2D eigenvalue weighted by Gasteiger charge is 2.16. The summed E-state index contributed by atoms with van der Waals surface area (Å²) in [6, 6.07) is 19.3. The van der Waals surface area contributed by atoms with E-state index < -0.39 is 21.8 Å². The lowest BCUT2D eigenvalue weighted by Crippen LogP contribution is -2.30. The molecule has 7 nitrogen and oxygen atoms in total. The molecular formula is C23H21ClN2O5S. The number of nitrogens with one attached hydrogen (secondary N) is 2. The summed E-state index contributed by atoms with van der Waals surface area (Å²) in [5, 5.41) is 5.55. The smallest absolute Gasteiger partial charge is 0.265 e. The van der Waals surface area contributed by atoms with E-state index in [2.05, 4.69) is 10.6 Å². The van der Waals surface area contributed by atoms with E-state index in [9.17, 15) is 18.0 Å². The van der Waals surface area contributed by atoms with Gasteiger partial charge in [-0.1, -0.05) is 35.9 Å². The van der Waals surface area contributed by atoms with E-state index in [1.807, 2.05) is 18.2 Å². The Balaban J connectivity index is 1.66. The lowest BCUT2D eigenvalue weighted by Gasteiger charge is -2.15. The molecule has 0 fully saturated rings. The van der Waals surface area contributed by atoms with Crippen LogP contribution in [-0.2, 0) is 14.6 Å². The molecule has 2 amide bonds. The number of sulfone groups is 1. The summed E-state index contributed by atoms with van der Waals surface area (Å²) in [6.07, 6.45) is 0.331. The summed E-state index contributed by atoms with van der Waals surface area (Å²) >= 11 is 6.26. The van der Waals surface area contributed by atoms with Crippen molar-refractivity contribution in [1.29, 1.82) is 0 Å². The number of hydrogen-bond acceptors (Lipinski definition) is 5. The highest BCUT2D eigenvalue weighted by molar-refractivity contribution is 7.90. The van der Waals surface area contributed by atoms with Crippen molar-refractivity contribution in [3.63, 3.8) is 0 Å². The first kappa shape index (κ1) is 23.3. The summed E-state index contributed by atoms with van der Waals surface area (Å²) < 4.78 is 29.0. The van der Waals surface area contributed by atoms with Crippen LogP contribution in [0.1, 0.15) is 17.3 Å². The van der Waals surface area contributed by atoms with E-state index in [0.717, 1.165) is 6.26 Å². The Bertz CT molecular complexity index is 1250. The fourth-order valence-corrected chi connectivity index (χ4v) is 3.65. The van der Waals surface area contributed by atoms with E-state index in [0.29, 0.717) is 17.1 Å². The van der Waals surface area contributed by atoms with Crippen LogP contribution in [0.3, 0.4) is 0 Å². The number of benzene rings is 3. The van der Waals surface area contributed by atoms with Crippen LogP contribution in [0, 0.1) is 0 Å². The van der Waals surface area contributed by atoms with Crippen molar-refractivity contribution < 1.29 is 22.7 Å². The zero-order valence-corrected chi connectivity index (χ0v) is 18.9. The van der Waals surface area contributed by atoms with Crippen molar-refractivity contribution in [3.8, 4) is 5.75 Å². The van der Waals surface area contributed by atoms with Crippen LogP contribution in [0.4, 0.5) is 11.4 Å². The molecule has 32 heavy (non-hydrogen) atoms. The first-order chi connectivity index (χ1) is 15.1. The summed E-state index contributed by atoms with van der Waals surface area (Å²) in [7, 11) is -3.44. The first-order valence-electron chi connectivity index (χ1n) is 9.57. The first-order valence-corrected chi connectivity index (χ1v) is 11.8. The van der Waals surface area contributed by atoms with Crippen LogP contribution in [0.2, 0.25) is 5.02 Å². The minimum Gasteiger partial charge on any atom is -0.481 e. The number of carbonyl (C=O) groups excluding carboxylic acids is 2. The van der Waals surface area contributed by atoms with Crippen molar-refractivity contribution in [1.82, 2.24) is 0 Å². The second kappa shape index (κ2) is 9.84. The van der Waals surface area contributed by atoms with Gasteiger partial charge in [-0.25, -0.2) is 8.42 Å². The van der Waals surface area contributed by atoms with E-state index >= 15 is 0 Å². The zero-order chi connectivity index (χ0) is 23.3. The summed E-state index contributed by atoms with van der Waals surface area (Å²) in [5.74, 6) is -0.301. The normalized spacial score (nSPS) is 12.0. The van der Waals surface area contributed by atoms with E-state index in [4.69, 9.17) is 16.3 Å². The van der Waals surface area contributed by atoms with Crippen LogP contribution in [0.5, 0.6) is 5.75 Å². The monoisotopic (exact) mass is 472 g/mol. The van der Waals surface area contributed by atoms with Crippen LogP contribution in [-0.4, -0.2) is 32.6 Å². The SMILES string of the molecule is CC(Oc1ccccc1)C(=O)Nc1ccc(NC(=O)c2cccc(S(C)(=O)=O)c2)c(Cl)c1. The topological polar surface area (TPSA) is 102 Å². The van der Waals surface area contributed by atoms with Crippen LogP contribution < -0.4 is 15.4 Å². The molecule has 0 radical (unpaired) electrons. The Morgan fingerprint density at radius 3 is 2.31 bits per heavy atom. The van der Waals surface area contributed by atoms with Gasteiger partial charge in [-0.3, -0.25) is 9.59 Å². The molecule has 0 aliphatic carbocycles. The lowest BCUT2D eigenvalue weighted by atomic mass is 10.2. The molecule has 9 heteroatoms. The third-order valence-corrected chi connectivity index (χ3v) is 5.86. The molecule has 3 aromatic carbocycles. The number of rotatable bonds is 7. The van der Waals surface area contributed by atoms with Crippen molar-refractivity contribution >= 4 is 44.6 Å². The van der Waals surface area contributed by atoms with Crippen molar-refractivity contribution in [3.05, 3.63) is 83.4 Å². The fourth-order valence-electron chi connectivity index (χ4n) is 2.76. The third kappa shape index (κ3) is 6.09. The average Bonchev–Trinajstić information content (AvgIpc) is 2.75. The van der Waals surface area contributed by atoms with E-state index in [1.165, 1.54) is 30.3 Å². The van der Waals surface area contributed by atoms with E-state index in [-0.39, 0.29) is 21.4 Å². The Labute approximate surface area is 191 Å². The Morgan fingerprint density at radius 1 is 0.938 bits per heavy atom.